The molecule has 2 aromatic rings. The number of aliphatic hydroxyl groups is 1. The number of aromatic amines is 1. The molecule has 0 bridgehead atoms. The molecule has 3 rings (SSSR count). The summed E-state index contributed by atoms with van der Waals surface area (Å²) >= 11 is 2.00. The van der Waals surface area contributed by atoms with Crippen molar-refractivity contribution >= 4 is 22.7 Å². The van der Waals surface area contributed by atoms with Gasteiger partial charge in [-0.25, -0.2) is 0 Å². The minimum Gasteiger partial charge on any atom is -0.387 e. The third-order valence-corrected chi connectivity index (χ3v) is 4.46. The number of hydrogen-bond acceptors (Lipinski definition) is 3. The largest absolute Gasteiger partial charge is 0.387 e. The summed E-state index contributed by atoms with van der Waals surface area (Å²) in [5.74, 6) is 2.36. The Morgan fingerprint density at radius 2 is 2.06 bits per heavy atom. The van der Waals surface area contributed by atoms with Gasteiger partial charge in [0.15, 0.2) is 0 Å². The molecule has 4 heteroatoms. The molecule has 96 valence electrons. The van der Waals surface area contributed by atoms with E-state index in [1.54, 1.807) is 0 Å². The minimum absolute atomic E-state index is 0.399. The molecule has 0 saturated carbocycles. The number of nitrogens with one attached hydrogen (secondary N) is 1. The van der Waals surface area contributed by atoms with E-state index in [9.17, 15) is 5.11 Å². The highest BCUT2D eigenvalue weighted by Gasteiger charge is 2.18. The molecular formula is C14H18N2OS. The van der Waals surface area contributed by atoms with E-state index in [2.05, 4.69) is 16.0 Å². The summed E-state index contributed by atoms with van der Waals surface area (Å²) in [5, 5.41) is 11.5. The SMILES string of the molecule is OC(CN1CCSCC1)c1c[nH]c2ccccc12. The number of nitrogens with zero attached hydrogens (tertiary/aromatic N) is 1. The van der Waals surface area contributed by atoms with E-state index in [-0.39, 0.29) is 0 Å². The predicted octanol–water partition coefficient (Wildman–Crippen LogP) is 2.25. The van der Waals surface area contributed by atoms with E-state index >= 15 is 0 Å². The number of hydrogen-bond donors (Lipinski definition) is 2. The monoisotopic (exact) mass is 262 g/mol. The van der Waals surface area contributed by atoms with E-state index in [0.29, 0.717) is 0 Å². The highest BCUT2D eigenvalue weighted by Crippen LogP contribution is 2.25. The Morgan fingerprint density at radius 1 is 1.28 bits per heavy atom. The molecular weight excluding hydrogens is 244 g/mol. The van der Waals surface area contributed by atoms with Gasteiger partial charge in [-0.3, -0.25) is 4.90 Å². The molecule has 1 aliphatic rings. The summed E-state index contributed by atoms with van der Waals surface area (Å²) in [4.78, 5) is 5.57. The molecule has 2 N–H and O–H groups in total. The lowest BCUT2D eigenvalue weighted by Gasteiger charge is -2.28. The third kappa shape index (κ3) is 2.41. The van der Waals surface area contributed by atoms with Gasteiger partial charge >= 0.3 is 0 Å². The quantitative estimate of drug-likeness (QED) is 0.891. The first kappa shape index (κ1) is 12.1. The molecule has 1 aromatic heterocycles. The van der Waals surface area contributed by atoms with Crippen LogP contribution in [0, 0.1) is 0 Å². The van der Waals surface area contributed by atoms with Gasteiger partial charge in [0.25, 0.3) is 0 Å². The Bertz CT molecular complexity index is 519. The van der Waals surface area contributed by atoms with Crippen molar-refractivity contribution in [3.63, 3.8) is 0 Å². The van der Waals surface area contributed by atoms with Gasteiger partial charge in [0.05, 0.1) is 6.10 Å². The zero-order chi connectivity index (χ0) is 12.4. The van der Waals surface area contributed by atoms with E-state index in [1.165, 1.54) is 11.5 Å². The van der Waals surface area contributed by atoms with Crippen molar-refractivity contribution < 1.29 is 5.11 Å². The summed E-state index contributed by atoms with van der Waals surface area (Å²) < 4.78 is 0. The van der Waals surface area contributed by atoms with Crippen LogP contribution >= 0.6 is 11.8 Å². The highest BCUT2D eigenvalue weighted by molar-refractivity contribution is 7.99. The molecule has 1 aliphatic heterocycles. The fraction of sp³-hybridized carbons (Fsp3) is 0.429. The second-order valence-corrected chi connectivity index (χ2v) is 5.94. The summed E-state index contributed by atoms with van der Waals surface area (Å²) in [7, 11) is 0. The van der Waals surface area contributed by atoms with E-state index in [0.717, 1.165) is 36.1 Å². The smallest absolute Gasteiger partial charge is 0.0937 e. The molecule has 1 fully saturated rings. The number of rotatable bonds is 3. The van der Waals surface area contributed by atoms with Crippen molar-refractivity contribution in [1.29, 1.82) is 0 Å². The Morgan fingerprint density at radius 3 is 2.89 bits per heavy atom. The standard InChI is InChI=1S/C14H18N2OS/c17-14(10-16-5-7-18-8-6-16)12-9-15-13-4-2-1-3-11(12)13/h1-4,9,14-15,17H,5-8,10H2. The molecule has 1 atom stereocenters. The number of benzene rings is 1. The van der Waals surface area contributed by atoms with E-state index in [4.69, 9.17) is 0 Å². The van der Waals surface area contributed by atoms with Crippen LogP contribution in [0.5, 0.6) is 0 Å². The molecule has 1 unspecified atom stereocenters. The van der Waals surface area contributed by atoms with E-state index in [1.807, 2.05) is 36.2 Å². The van der Waals surface area contributed by atoms with Crippen LogP contribution in [-0.4, -0.2) is 46.1 Å². The number of aromatic nitrogens is 1. The number of fused-ring (bicyclic) bond motifs is 1. The van der Waals surface area contributed by atoms with Crippen LogP contribution in [0.25, 0.3) is 10.9 Å². The number of H-pyrrole nitrogens is 1. The van der Waals surface area contributed by atoms with Gasteiger partial charge in [-0.2, -0.15) is 11.8 Å². The Kier molecular flexibility index (Phi) is 3.59. The van der Waals surface area contributed by atoms with Crippen LogP contribution in [-0.2, 0) is 0 Å². The number of thioether (sulfide) groups is 1. The predicted molar refractivity (Wildman–Crippen MR) is 77.0 cm³/mol. The van der Waals surface area contributed by atoms with Gasteiger partial charge in [0.1, 0.15) is 0 Å². The first-order valence-electron chi connectivity index (χ1n) is 6.39. The number of aliphatic hydroxyl groups excluding tert-OH is 1. The van der Waals surface area contributed by atoms with E-state index < -0.39 is 6.10 Å². The summed E-state index contributed by atoms with van der Waals surface area (Å²) in [6.07, 6.45) is 1.54. The second-order valence-electron chi connectivity index (χ2n) is 4.72. The number of β-amino-alcohol motifs (C(OH)–C–C–N with tert-alkyl or cyclic N) is 1. The maximum absolute atomic E-state index is 10.4. The lowest BCUT2D eigenvalue weighted by atomic mass is 10.1. The number of para-hydroxylation sites is 1. The van der Waals surface area contributed by atoms with Crippen molar-refractivity contribution in [3.8, 4) is 0 Å². The molecule has 3 nitrogen and oxygen atoms in total. The minimum atomic E-state index is -0.399. The maximum atomic E-state index is 10.4. The topological polar surface area (TPSA) is 39.3 Å². The highest BCUT2D eigenvalue weighted by atomic mass is 32.2. The van der Waals surface area contributed by atoms with Crippen LogP contribution in [0.15, 0.2) is 30.5 Å². The molecule has 0 radical (unpaired) electrons. The van der Waals surface area contributed by atoms with Gasteiger partial charge in [-0.15, -0.1) is 0 Å². The first-order valence-corrected chi connectivity index (χ1v) is 7.54. The molecule has 2 heterocycles. The zero-order valence-corrected chi connectivity index (χ0v) is 11.1. The fourth-order valence-electron chi connectivity index (χ4n) is 2.50. The molecule has 0 amide bonds. The Hall–Kier alpha value is -0.970. The van der Waals surface area contributed by atoms with Crippen molar-refractivity contribution in [1.82, 2.24) is 9.88 Å². The fourth-order valence-corrected chi connectivity index (χ4v) is 3.48. The first-order chi connectivity index (χ1) is 8.84. The van der Waals surface area contributed by atoms with Gasteiger partial charge in [0, 0.05) is 53.8 Å². The maximum Gasteiger partial charge on any atom is 0.0937 e. The van der Waals surface area contributed by atoms with Crippen molar-refractivity contribution in [3.05, 3.63) is 36.0 Å². The third-order valence-electron chi connectivity index (χ3n) is 3.52. The average Bonchev–Trinajstić information content (AvgIpc) is 2.84. The van der Waals surface area contributed by atoms with Gasteiger partial charge in [-0.05, 0) is 6.07 Å². The molecule has 1 aromatic carbocycles. The van der Waals surface area contributed by atoms with Crippen LogP contribution in [0.2, 0.25) is 0 Å². The van der Waals surface area contributed by atoms with Crippen LogP contribution in [0.1, 0.15) is 11.7 Å². The molecule has 0 aliphatic carbocycles. The Labute approximate surface area is 111 Å². The summed E-state index contributed by atoms with van der Waals surface area (Å²) in [5.41, 5.74) is 2.12. The normalized spacial score (nSPS) is 19.2. The molecule has 1 saturated heterocycles. The second kappa shape index (κ2) is 5.34. The van der Waals surface area contributed by atoms with Crippen LogP contribution in [0.3, 0.4) is 0 Å². The molecule has 0 spiro atoms. The summed E-state index contributed by atoms with van der Waals surface area (Å²) in [6.45, 7) is 2.91. The summed E-state index contributed by atoms with van der Waals surface area (Å²) in [6, 6.07) is 8.14. The lowest BCUT2D eigenvalue weighted by Crippen LogP contribution is -2.35. The molecule has 18 heavy (non-hydrogen) atoms. The average molecular weight is 262 g/mol. The van der Waals surface area contributed by atoms with Crippen LogP contribution < -0.4 is 0 Å². The Balaban J connectivity index is 1.76. The van der Waals surface area contributed by atoms with Crippen molar-refractivity contribution in [2.45, 2.75) is 6.10 Å². The van der Waals surface area contributed by atoms with Crippen molar-refractivity contribution in [2.24, 2.45) is 0 Å². The van der Waals surface area contributed by atoms with Crippen LogP contribution in [0.4, 0.5) is 0 Å². The van der Waals surface area contributed by atoms with Gasteiger partial charge < -0.3 is 10.1 Å². The van der Waals surface area contributed by atoms with Gasteiger partial charge in [-0.1, -0.05) is 18.2 Å². The zero-order valence-electron chi connectivity index (χ0n) is 10.3. The van der Waals surface area contributed by atoms with Crippen molar-refractivity contribution in [2.75, 3.05) is 31.1 Å². The van der Waals surface area contributed by atoms with Gasteiger partial charge in [0.2, 0.25) is 0 Å². The lowest BCUT2D eigenvalue weighted by molar-refractivity contribution is 0.120.